The van der Waals surface area contributed by atoms with Crippen LogP contribution in [-0.4, -0.2) is 81.0 Å². The van der Waals surface area contributed by atoms with Gasteiger partial charge in [0.05, 0.1) is 6.61 Å². The summed E-state index contributed by atoms with van der Waals surface area (Å²) >= 11 is 1.18. The molecule has 0 aliphatic carbocycles. The van der Waals surface area contributed by atoms with Gasteiger partial charge in [-0.25, -0.2) is 8.42 Å². The van der Waals surface area contributed by atoms with Gasteiger partial charge in [0, 0.05) is 39.3 Å². The molecule has 1 aromatic heterocycles. The van der Waals surface area contributed by atoms with Gasteiger partial charge in [-0.2, -0.15) is 4.31 Å². The van der Waals surface area contributed by atoms with Crippen molar-refractivity contribution in [3.8, 4) is 0 Å². The van der Waals surface area contributed by atoms with Crippen LogP contribution in [0.5, 0.6) is 0 Å². The summed E-state index contributed by atoms with van der Waals surface area (Å²) in [4.78, 5) is 4.42. The largest absolute Gasteiger partial charge is 0.392 e. The Morgan fingerprint density at radius 3 is 2.48 bits per heavy atom. The lowest BCUT2D eigenvalue weighted by Crippen LogP contribution is -2.49. The lowest BCUT2D eigenvalue weighted by molar-refractivity contribution is 0.175. The van der Waals surface area contributed by atoms with Gasteiger partial charge in [0.1, 0.15) is 4.21 Å². The molecule has 0 aromatic carbocycles. The topological polar surface area (TPSA) is 64.1 Å². The second-order valence-corrected chi connectivity index (χ2v) is 8.56. The number of aliphatic hydroxyl groups is 1. The lowest BCUT2D eigenvalue weighted by atomic mass is 10.3. The molecule has 6 nitrogen and oxygen atoms in total. The average Bonchev–Trinajstić information content (AvgIpc) is 2.95. The molecule has 1 N–H and O–H groups in total. The Bertz CT molecular complexity index is 549. The fraction of sp³-hybridized carbons (Fsp3) is 0.692. The van der Waals surface area contributed by atoms with Gasteiger partial charge in [0.25, 0.3) is 10.0 Å². The van der Waals surface area contributed by atoms with Crippen LogP contribution >= 0.6 is 11.3 Å². The molecule has 0 spiro atoms. The number of rotatable bonds is 6. The second-order valence-electron chi connectivity index (χ2n) is 5.48. The monoisotopic (exact) mass is 333 g/mol. The van der Waals surface area contributed by atoms with Gasteiger partial charge in [0.2, 0.25) is 0 Å². The zero-order chi connectivity index (χ0) is 15.5. The van der Waals surface area contributed by atoms with E-state index in [4.69, 9.17) is 5.11 Å². The van der Waals surface area contributed by atoms with Crippen LogP contribution in [0.25, 0.3) is 0 Å². The van der Waals surface area contributed by atoms with E-state index in [0.717, 1.165) is 26.2 Å². The molecule has 0 bridgehead atoms. The minimum Gasteiger partial charge on any atom is -0.392 e. The van der Waals surface area contributed by atoms with E-state index in [0.29, 0.717) is 22.9 Å². The van der Waals surface area contributed by atoms with Gasteiger partial charge in [-0.15, -0.1) is 11.3 Å². The first kappa shape index (κ1) is 16.9. The number of hydrogen-bond acceptors (Lipinski definition) is 6. The van der Waals surface area contributed by atoms with E-state index in [1.54, 1.807) is 15.8 Å². The number of aliphatic hydroxyl groups excluding tert-OH is 1. The molecular formula is C13H23N3O3S2. The molecule has 1 fully saturated rings. The van der Waals surface area contributed by atoms with Crippen LogP contribution in [0, 0.1) is 0 Å². The smallest absolute Gasteiger partial charge is 0.252 e. The van der Waals surface area contributed by atoms with Gasteiger partial charge >= 0.3 is 0 Å². The van der Waals surface area contributed by atoms with E-state index in [1.807, 2.05) is 14.1 Å². The van der Waals surface area contributed by atoms with Crippen LogP contribution in [-0.2, 0) is 16.6 Å². The van der Waals surface area contributed by atoms with Crippen LogP contribution in [0.2, 0.25) is 0 Å². The van der Waals surface area contributed by atoms with Gasteiger partial charge in [0.15, 0.2) is 0 Å². The van der Waals surface area contributed by atoms with Crippen molar-refractivity contribution in [3.63, 3.8) is 0 Å². The van der Waals surface area contributed by atoms with Crippen molar-refractivity contribution >= 4 is 21.4 Å². The summed E-state index contributed by atoms with van der Waals surface area (Å²) in [6.07, 6.45) is 0. The minimum atomic E-state index is -3.40. The Morgan fingerprint density at radius 1 is 1.29 bits per heavy atom. The van der Waals surface area contributed by atoms with E-state index in [1.165, 1.54) is 11.3 Å². The van der Waals surface area contributed by atoms with E-state index in [-0.39, 0.29) is 6.61 Å². The summed E-state index contributed by atoms with van der Waals surface area (Å²) in [7, 11) is 0.674. The molecule has 8 heteroatoms. The van der Waals surface area contributed by atoms with E-state index in [2.05, 4.69) is 9.80 Å². The number of sulfonamides is 1. The molecule has 1 aliphatic rings. The molecule has 0 radical (unpaired) electrons. The number of hydrogen-bond donors (Lipinski definition) is 1. The first-order valence-corrected chi connectivity index (χ1v) is 9.31. The molecule has 0 unspecified atom stereocenters. The summed E-state index contributed by atoms with van der Waals surface area (Å²) in [5.41, 5.74) is 0.656. The summed E-state index contributed by atoms with van der Waals surface area (Å²) in [6.45, 7) is 4.43. The predicted octanol–water partition coefficient (Wildman–Crippen LogP) is 0.108. The molecule has 0 saturated carbocycles. The van der Waals surface area contributed by atoms with Crippen molar-refractivity contribution in [2.75, 3.05) is 53.4 Å². The molecule has 1 aliphatic heterocycles. The van der Waals surface area contributed by atoms with Gasteiger partial charge in [-0.3, -0.25) is 4.90 Å². The molecule has 0 atom stereocenters. The maximum atomic E-state index is 12.5. The molecule has 120 valence electrons. The summed E-state index contributed by atoms with van der Waals surface area (Å²) in [5, 5.41) is 10.7. The lowest BCUT2D eigenvalue weighted by Gasteiger charge is -2.34. The standard InChI is InChI=1S/C13H23N3O3S2/c1-14(2)3-4-15-5-7-16(8-6-15)21(18,19)13-9-12(10-17)11-20-13/h9,11,17H,3-8,10H2,1-2H3. The first-order valence-electron chi connectivity index (χ1n) is 6.99. The molecule has 2 heterocycles. The maximum absolute atomic E-state index is 12.5. The zero-order valence-electron chi connectivity index (χ0n) is 12.5. The number of nitrogens with zero attached hydrogens (tertiary/aromatic N) is 3. The normalized spacial score (nSPS) is 18.5. The third-order valence-corrected chi connectivity index (χ3v) is 6.96. The highest BCUT2D eigenvalue weighted by Crippen LogP contribution is 2.24. The molecule has 21 heavy (non-hydrogen) atoms. The maximum Gasteiger partial charge on any atom is 0.252 e. The fourth-order valence-electron chi connectivity index (χ4n) is 2.23. The number of piperazine rings is 1. The second kappa shape index (κ2) is 7.17. The van der Waals surface area contributed by atoms with Crippen molar-refractivity contribution in [2.45, 2.75) is 10.8 Å². The van der Waals surface area contributed by atoms with Crippen molar-refractivity contribution in [1.29, 1.82) is 0 Å². The third kappa shape index (κ3) is 4.24. The highest BCUT2D eigenvalue weighted by Gasteiger charge is 2.29. The van der Waals surface area contributed by atoms with Crippen molar-refractivity contribution in [1.82, 2.24) is 14.1 Å². The van der Waals surface area contributed by atoms with Gasteiger partial charge in [-0.1, -0.05) is 0 Å². The SMILES string of the molecule is CN(C)CCN1CCN(S(=O)(=O)c2cc(CO)cs2)CC1. The zero-order valence-corrected chi connectivity index (χ0v) is 14.2. The Hall–Kier alpha value is -0.510. The van der Waals surface area contributed by atoms with Gasteiger partial charge < -0.3 is 10.0 Å². The fourth-order valence-corrected chi connectivity index (χ4v) is 5.01. The number of thiophene rings is 1. The highest BCUT2D eigenvalue weighted by molar-refractivity contribution is 7.91. The first-order chi connectivity index (χ1) is 9.93. The Morgan fingerprint density at radius 2 is 1.95 bits per heavy atom. The third-order valence-electron chi connectivity index (χ3n) is 3.60. The molecule has 1 aromatic rings. The minimum absolute atomic E-state index is 0.121. The predicted molar refractivity (Wildman–Crippen MR) is 84.0 cm³/mol. The summed E-state index contributed by atoms with van der Waals surface area (Å²) in [5.74, 6) is 0. The van der Waals surface area contributed by atoms with Gasteiger partial charge in [-0.05, 0) is 31.1 Å². The van der Waals surface area contributed by atoms with Crippen molar-refractivity contribution < 1.29 is 13.5 Å². The van der Waals surface area contributed by atoms with Crippen molar-refractivity contribution in [3.05, 3.63) is 17.0 Å². The summed E-state index contributed by atoms with van der Waals surface area (Å²) < 4.78 is 26.9. The van der Waals surface area contributed by atoms with Crippen LogP contribution in [0.15, 0.2) is 15.7 Å². The van der Waals surface area contributed by atoms with Crippen molar-refractivity contribution in [2.24, 2.45) is 0 Å². The Kier molecular flexibility index (Phi) is 5.75. The molecule has 0 amide bonds. The highest BCUT2D eigenvalue weighted by atomic mass is 32.2. The van der Waals surface area contributed by atoms with E-state index >= 15 is 0 Å². The van der Waals surface area contributed by atoms with E-state index in [9.17, 15) is 8.42 Å². The Balaban J connectivity index is 1.94. The summed E-state index contributed by atoms with van der Waals surface area (Å²) in [6, 6.07) is 1.57. The average molecular weight is 333 g/mol. The molecule has 1 saturated heterocycles. The molecule has 2 rings (SSSR count). The van der Waals surface area contributed by atoms with Crippen LogP contribution in [0.1, 0.15) is 5.56 Å². The van der Waals surface area contributed by atoms with E-state index < -0.39 is 10.0 Å². The van der Waals surface area contributed by atoms with Crippen LogP contribution in [0.3, 0.4) is 0 Å². The van der Waals surface area contributed by atoms with Crippen LogP contribution in [0.4, 0.5) is 0 Å². The quantitative estimate of drug-likeness (QED) is 0.800. The molecular weight excluding hydrogens is 310 g/mol. The Labute approximate surface area is 130 Å². The number of likely N-dealkylation sites (N-methyl/N-ethyl adjacent to an activating group) is 1. The van der Waals surface area contributed by atoms with Crippen LogP contribution < -0.4 is 0 Å².